The van der Waals surface area contributed by atoms with E-state index < -0.39 is 62.0 Å². The summed E-state index contributed by atoms with van der Waals surface area (Å²) in [5, 5.41) is 38.1. The summed E-state index contributed by atoms with van der Waals surface area (Å²) in [5.74, 6) is -5.73. The van der Waals surface area contributed by atoms with Crippen molar-refractivity contribution in [2.75, 3.05) is 44.6 Å². The Morgan fingerprint density at radius 1 is 0.808 bits per heavy atom. The highest BCUT2D eigenvalue weighted by Crippen LogP contribution is 2.04. The van der Waals surface area contributed by atoms with Crippen LogP contribution in [0.4, 0.5) is 0 Å². The largest absolute Gasteiger partial charge is 0.480 e. The van der Waals surface area contributed by atoms with Gasteiger partial charge in [-0.05, 0) is 0 Å². The van der Waals surface area contributed by atoms with Crippen molar-refractivity contribution in [1.29, 1.82) is 0 Å². The highest BCUT2D eigenvalue weighted by Gasteiger charge is 2.27. The third-order valence-electron chi connectivity index (χ3n) is 3.04. The Kier molecular flexibility index (Phi) is 11.1. The third kappa shape index (κ3) is 11.3. The van der Waals surface area contributed by atoms with Gasteiger partial charge in [-0.15, -0.1) is 0 Å². The number of alkyl halides is 1. The molecule has 148 valence electrons. The van der Waals surface area contributed by atoms with E-state index in [-0.39, 0.29) is 18.4 Å². The first-order valence-corrected chi connectivity index (χ1v) is 8.33. The van der Waals surface area contributed by atoms with E-state index >= 15 is 0 Å². The first kappa shape index (κ1) is 23.8. The van der Waals surface area contributed by atoms with Gasteiger partial charge in [0.15, 0.2) is 0 Å². The first-order chi connectivity index (χ1) is 12.0. The Bertz CT molecular complexity index is 511. The first-order valence-electron chi connectivity index (χ1n) is 7.21. The van der Waals surface area contributed by atoms with Gasteiger partial charge >= 0.3 is 23.9 Å². The lowest BCUT2D eigenvalue weighted by molar-refractivity contribution is -0.146. The normalized spacial score (nSPS) is 12.0. The fourth-order valence-corrected chi connectivity index (χ4v) is 2.31. The minimum Gasteiger partial charge on any atom is -0.480 e. The number of aliphatic carboxylic acids is 4. The third-order valence-corrected chi connectivity index (χ3v) is 3.55. The van der Waals surface area contributed by atoms with Crippen LogP contribution in [0.2, 0.25) is 0 Å². The summed E-state index contributed by atoms with van der Waals surface area (Å²) in [6, 6.07) is -0.941. The molecule has 5 N–H and O–H groups in total. The number of halogens is 1. The molecule has 0 fully saturated rings. The predicted molar refractivity (Wildman–Crippen MR) is 89.1 cm³/mol. The van der Waals surface area contributed by atoms with Crippen molar-refractivity contribution in [3.8, 4) is 0 Å². The van der Waals surface area contributed by atoms with Gasteiger partial charge in [-0.3, -0.25) is 33.8 Å². The van der Waals surface area contributed by atoms with Gasteiger partial charge in [-0.25, -0.2) is 0 Å². The molecule has 0 spiro atoms. The SMILES string of the molecule is O=C(O)CN(CC(=O)O)CC(CNC(=O)CBr)N(CC(=O)O)CC(=O)O. The van der Waals surface area contributed by atoms with Gasteiger partial charge in [0.05, 0.1) is 31.5 Å². The topological polar surface area (TPSA) is 185 Å². The molecule has 26 heavy (non-hydrogen) atoms. The van der Waals surface area contributed by atoms with E-state index in [2.05, 4.69) is 21.2 Å². The van der Waals surface area contributed by atoms with E-state index in [1.807, 2.05) is 0 Å². The number of nitrogens with one attached hydrogen (secondary N) is 1. The summed E-state index contributed by atoms with van der Waals surface area (Å²) in [6.07, 6.45) is 0. The van der Waals surface area contributed by atoms with Crippen LogP contribution in [0.15, 0.2) is 0 Å². The molecule has 1 unspecified atom stereocenters. The predicted octanol–water partition coefficient (Wildman–Crippen LogP) is -2.19. The highest BCUT2D eigenvalue weighted by molar-refractivity contribution is 9.09. The molecule has 0 aliphatic heterocycles. The smallest absolute Gasteiger partial charge is 0.317 e. The van der Waals surface area contributed by atoms with Crippen molar-refractivity contribution >= 4 is 45.7 Å². The van der Waals surface area contributed by atoms with Crippen LogP contribution < -0.4 is 5.32 Å². The maximum atomic E-state index is 11.4. The van der Waals surface area contributed by atoms with Gasteiger partial charge in [-0.1, -0.05) is 15.9 Å². The molecule has 0 saturated heterocycles. The molecule has 0 rings (SSSR count). The Hall–Kier alpha value is -2.25. The number of hydrogen-bond donors (Lipinski definition) is 5. The Morgan fingerprint density at radius 2 is 1.23 bits per heavy atom. The minimum absolute atomic E-state index is 0.0501. The second kappa shape index (κ2) is 12.2. The fourth-order valence-electron chi connectivity index (χ4n) is 2.12. The van der Waals surface area contributed by atoms with Crippen LogP contribution in [-0.2, 0) is 24.0 Å². The maximum absolute atomic E-state index is 11.4. The average Bonchev–Trinajstić information content (AvgIpc) is 2.47. The summed E-state index contributed by atoms with van der Waals surface area (Å²) in [4.78, 5) is 57.2. The van der Waals surface area contributed by atoms with E-state index in [0.717, 1.165) is 9.80 Å². The molecule has 1 amide bonds. The number of rotatable bonds is 14. The molecule has 1 atom stereocenters. The number of carbonyl (C=O) groups is 5. The number of carbonyl (C=O) groups excluding carboxylic acids is 1. The van der Waals surface area contributed by atoms with Gasteiger partial charge in [-0.2, -0.15) is 0 Å². The zero-order chi connectivity index (χ0) is 20.3. The monoisotopic (exact) mass is 441 g/mol. The van der Waals surface area contributed by atoms with Gasteiger partial charge in [0.1, 0.15) is 0 Å². The second-order valence-electron chi connectivity index (χ2n) is 5.24. The Morgan fingerprint density at radius 3 is 1.58 bits per heavy atom. The van der Waals surface area contributed by atoms with Crippen molar-refractivity contribution in [2.45, 2.75) is 6.04 Å². The molecule has 0 saturated carbocycles. The van der Waals surface area contributed by atoms with Gasteiger partial charge in [0, 0.05) is 19.1 Å². The minimum atomic E-state index is -1.33. The van der Waals surface area contributed by atoms with Crippen molar-refractivity contribution in [1.82, 2.24) is 15.1 Å². The lowest BCUT2D eigenvalue weighted by atomic mass is 10.2. The number of amides is 1. The molecule has 0 aliphatic carbocycles. The molecule has 0 aromatic carbocycles. The lowest BCUT2D eigenvalue weighted by Crippen LogP contribution is -2.54. The van der Waals surface area contributed by atoms with Crippen LogP contribution >= 0.6 is 15.9 Å². The lowest BCUT2D eigenvalue weighted by Gasteiger charge is -2.33. The van der Waals surface area contributed by atoms with Crippen LogP contribution in [0.1, 0.15) is 0 Å². The Labute approximate surface area is 156 Å². The summed E-state index contributed by atoms with van der Waals surface area (Å²) in [6.45, 7) is -3.14. The maximum Gasteiger partial charge on any atom is 0.317 e. The number of hydrogen-bond acceptors (Lipinski definition) is 7. The molecule has 0 aliphatic rings. The summed E-state index contributed by atoms with van der Waals surface area (Å²) >= 11 is 2.92. The van der Waals surface area contributed by atoms with E-state index in [9.17, 15) is 24.0 Å². The molecule has 0 radical (unpaired) electrons. The Balaban J connectivity index is 5.42. The highest BCUT2D eigenvalue weighted by atomic mass is 79.9. The van der Waals surface area contributed by atoms with Crippen LogP contribution in [-0.4, -0.2) is 111 Å². The van der Waals surface area contributed by atoms with E-state index in [4.69, 9.17) is 20.4 Å². The number of nitrogens with zero attached hydrogens (tertiary/aromatic N) is 2. The summed E-state index contributed by atoms with van der Waals surface area (Å²) in [7, 11) is 0. The van der Waals surface area contributed by atoms with Crippen LogP contribution in [0.3, 0.4) is 0 Å². The molecule has 0 aromatic rings. The number of carboxylic acid groups (broad SMARTS) is 4. The number of carboxylic acids is 4. The van der Waals surface area contributed by atoms with Gasteiger partial charge in [0.2, 0.25) is 5.91 Å². The molecule has 0 bridgehead atoms. The molecule has 13 heteroatoms. The molecule has 0 heterocycles. The van der Waals surface area contributed by atoms with E-state index in [1.165, 1.54) is 0 Å². The summed E-state index contributed by atoms with van der Waals surface area (Å²) in [5.41, 5.74) is 0. The fraction of sp³-hybridized carbons (Fsp3) is 0.615. The van der Waals surface area contributed by atoms with Crippen molar-refractivity contribution < 1.29 is 44.4 Å². The molecule has 12 nitrogen and oxygen atoms in total. The zero-order valence-electron chi connectivity index (χ0n) is 13.6. The van der Waals surface area contributed by atoms with Crippen molar-refractivity contribution in [3.05, 3.63) is 0 Å². The summed E-state index contributed by atoms with van der Waals surface area (Å²) < 4.78 is 0. The average molecular weight is 442 g/mol. The van der Waals surface area contributed by atoms with Crippen LogP contribution in [0.5, 0.6) is 0 Å². The zero-order valence-corrected chi connectivity index (χ0v) is 15.2. The van der Waals surface area contributed by atoms with Crippen LogP contribution in [0.25, 0.3) is 0 Å². The quantitative estimate of drug-likeness (QED) is 0.184. The van der Waals surface area contributed by atoms with E-state index in [0.29, 0.717) is 0 Å². The van der Waals surface area contributed by atoms with Gasteiger partial charge < -0.3 is 25.7 Å². The second-order valence-corrected chi connectivity index (χ2v) is 5.80. The van der Waals surface area contributed by atoms with E-state index in [1.54, 1.807) is 0 Å². The standard InChI is InChI=1S/C13H20BrN3O9/c14-1-9(18)15-2-8(17(6-12(23)24)7-13(25)26)3-16(4-10(19)20)5-11(21)22/h8H,1-7H2,(H,15,18)(H,19,20)(H,21,22)(H,23,24)(H,25,26). The molecular formula is C13H20BrN3O9. The van der Waals surface area contributed by atoms with Crippen LogP contribution in [0, 0.1) is 0 Å². The van der Waals surface area contributed by atoms with Gasteiger partial charge in [0.25, 0.3) is 0 Å². The molecule has 0 aromatic heterocycles. The van der Waals surface area contributed by atoms with Crippen molar-refractivity contribution in [3.63, 3.8) is 0 Å². The van der Waals surface area contributed by atoms with Crippen molar-refractivity contribution in [2.24, 2.45) is 0 Å². The molecular weight excluding hydrogens is 422 g/mol.